The van der Waals surface area contributed by atoms with Crippen molar-refractivity contribution in [3.8, 4) is 5.75 Å². The number of fused-ring (bicyclic) bond motifs is 1. The van der Waals surface area contributed by atoms with E-state index in [1.54, 1.807) is 0 Å². The zero-order valence-corrected chi connectivity index (χ0v) is 18.2. The molecule has 1 aliphatic heterocycles. The number of carbonyl (C=O) groups excluding carboxylic acids is 1. The minimum absolute atomic E-state index is 0.0683. The van der Waals surface area contributed by atoms with E-state index in [0.717, 1.165) is 48.7 Å². The van der Waals surface area contributed by atoms with Gasteiger partial charge in [-0.05, 0) is 42.8 Å². The minimum atomic E-state index is 0.0683. The van der Waals surface area contributed by atoms with Crippen LogP contribution in [0.15, 0.2) is 54.7 Å². The van der Waals surface area contributed by atoms with Gasteiger partial charge in [0.25, 0.3) is 5.91 Å². The molecule has 0 spiro atoms. The van der Waals surface area contributed by atoms with E-state index in [-0.39, 0.29) is 5.91 Å². The predicted molar refractivity (Wildman–Crippen MR) is 124 cm³/mol. The maximum absolute atomic E-state index is 12.9. The monoisotopic (exact) mass is 418 g/mol. The highest BCUT2D eigenvalue weighted by Crippen LogP contribution is 2.19. The first kappa shape index (κ1) is 21.1. The summed E-state index contributed by atoms with van der Waals surface area (Å²) in [5.74, 6) is 1.76. The Kier molecular flexibility index (Phi) is 6.97. The van der Waals surface area contributed by atoms with Gasteiger partial charge < -0.3 is 14.5 Å². The molecule has 162 valence electrons. The van der Waals surface area contributed by atoms with Crippen molar-refractivity contribution in [3.63, 3.8) is 0 Å². The molecule has 31 heavy (non-hydrogen) atoms. The number of para-hydroxylation sites is 2. The molecular formula is C25H30N4O2. The third-order valence-corrected chi connectivity index (χ3v) is 5.69. The van der Waals surface area contributed by atoms with Gasteiger partial charge in [-0.2, -0.15) is 0 Å². The second kappa shape index (κ2) is 10.2. The van der Waals surface area contributed by atoms with Gasteiger partial charge in [-0.1, -0.05) is 38.3 Å². The summed E-state index contributed by atoms with van der Waals surface area (Å²) >= 11 is 0. The van der Waals surface area contributed by atoms with E-state index in [9.17, 15) is 4.79 Å². The molecule has 0 unspecified atom stereocenters. The minimum Gasteiger partial charge on any atom is -0.494 e. The van der Waals surface area contributed by atoms with Gasteiger partial charge in [-0.3, -0.25) is 9.78 Å². The fourth-order valence-corrected chi connectivity index (χ4v) is 3.83. The molecule has 3 aromatic rings. The topological polar surface area (TPSA) is 58.6 Å². The summed E-state index contributed by atoms with van der Waals surface area (Å²) < 4.78 is 5.78. The Hall–Kier alpha value is -3.15. The van der Waals surface area contributed by atoms with Gasteiger partial charge in [0.15, 0.2) is 0 Å². The molecule has 2 aromatic carbocycles. The van der Waals surface area contributed by atoms with E-state index < -0.39 is 0 Å². The Balaban J connectivity index is 1.29. The molecule has 4 rings (SSSR count). The largest absolute Gasteiger partial charge is 0.494 e. The van der Waals surface area contributed by atoms with Crippen LogP contribution in [0, 0.1) is 0 Å². The molecule has 0 radical (unpaired) electrons. The number of ether oxygens (including phenoxy) is 1. The molecule has 1 aliphatic rings. The molecule has 0 atom stereocenters. The Bertz CT molecular complexity index is 998. The van der Waals surface area contributed by atoms with Crippen molar-refractivity contribution >= 4 is 22.8 Å². The number of amides is 1. The number of piperazine rings is 1. The summed E-state index contributed by atoms with van der Waals surface area (Å²) in [5, 5.41) is 0. The zero-order valence-electron chi connectivity index (χ0n) is 18.2. The molecular weight excluding hydrogens is 388 g/mol. The Morgan fingerprint density at radius 3 is 2.42 bits per heavy atom. The van der Waals surface area contributed by atoms with Crippen LogP contribution in [0.3, 0.4) is 0 Å². The van der Waals surface area contributed by atoms with Crippen LogP contribution in [-0.2, 0) is 0 Å². The van der Waals surface area contributed by atoms with Crippen LogP contribution in [0.5, 0.6) is 5.75 Å². The van der Waals surface area contributed by atoms with Crippen molar-refractivity contribution in [1.29, 1.82) is 0 Å². The molecule has 6 heteroatoms. The summed E-state index contributed by atoms with van der Waals surface area (Å²) in [6.45, 7) is 5.77. The normalized spacial score (nSPS) is 14.1. The van der Waals surface area contributed by atoms with E-state index >= 15 is 0 Å². The molecule has 2 heterocycles. The lowest BCUT2D eigenvalue weighted by atomic mass is 10.1. The van der Waals surface area contributed by atoms with E-state index in [0.29, 0.717) is 18.7 Å². The fraction of sp³-hybridized carbons (Fsp3) is 0.400. The van der Waals surface area contributed by atoms with Crippen LogP contribution in [0.2, 0.25) is 0 Å². The summed E-state index contributed by atoms with van der Waals surface area (Å²) in [6, 6.07) is 15.4. The number of rotatable bonds is 8. The van der Waals surface area contributed by atoms with Crippen LogP contribution < -0.4 is 9.64 Å². The summed E-state index contributed by atoms with van der Waals surface area (Å²) in [6.07, 6.45) is 6.56. The fourth-order valence-electron chi connectivity index (χ4n) is 3.83. The maximum atomic E-state index is 12.9. The average Bonchev–Trinajstić information content (AvgIpc) is 2.84. The van der Waals surface area contributed by atoms with Crippen molar-refractivity contribution in [2.75, 3.05) is 37.7 Å². The summed E-state index contributed by atoms with van der Waals surface area (Å²) in [4.78, 5) is 26.2. The number of carbonyl (C=O) groups is 1. The number of hydrogen-bond acceptors (Lipinski definition) is 5. The number of aromatic nitrogens is 2. The SMILES string of the molecule is CCCCCCOc1ccc(C(=O)N2CCN(c3cnc4ccccc4n3)CC2)cc1. The van der Waals surface area contributed by atoms with Gasteiger partial charge in [0, 0.05) is 31.7 Å². The number of unbranched alkanes of at least 4 members (excludes halogenated alkanes) is 3. The first-order valence-electron chi connectivity index (χ1n) is 11.2. The quantitative estimate of drug-likeness (QED) is 0.502. The molecule has 0 bridgehead atoms. The molecule has 6 nitrogen and oxygen atoms in total. The zero-order chi connectivity index (χ0) is 21.5. The van der Waals surface area contributed by atoms with E-state index in [1.165, 1.54) is 19.3 Å². The smallest absolute Gasteiger partial charge is 0.253 e. The lowest BCUT2D eigenvalue weighted by Gasteiger charge is -2.35. The number of benzene rings is 2. The van der Waals surface area contributed by atoms with Crippen molar-refractivity contribution in [1.82, 2.24) is 14.9 Å². The molecule has 1 aromatic heterocycles. The second-order valence-corrected chi connectivity index (χ2v) is 7.93. The molecule has 0 aliphatic carbocycles. The lowest BCUT2D eigenvalue weighted by Crippen LogP contribution is -2.49. The van der Waals surface area contributed by atoms with Crippen LogP contribution in [0.25, 0.3) is 11.0 Å². The molecule has 1 amide bonds. The third-order valence-electron chi connectivity index (χ3n) is 5.69. The predicted octanol–water partition coefficient (Wildman–Crippen LogP) is 4.55. The van der Waals surface area contributed by atoms with Gasteiger partial charge in [0.05, 0.1) is 23.8 Å². The number of nitrogens with zero attached hydrogens (tertiary/aromatic N) is 4. The highest BCUT2D eigenvalue weighted by molar-refractivity contribution is 5.94. The third kappa shape index (κ3) is 5.32. The van der Waals surface area contributed by atoms with Crippen LogP contribution in [-0.4, -0.2) is 53.6 Å². The van der Waals surface area contributed by atoms with Crippen LogP contribution >= 0.6 is 0 Å². The number of hydrogen-bond donors (Lipinski definition) is 0. The van der Waals surface area contributed by atoms with Crippen molar-refractivity contribution < 1.29 is 9.53 Å². The highest BCUT2D eigenvalue weighted by Gasteiger charge is 2.23. The first-order valence-corrected chi connectivity index (χ1v) is 11.2. The summed E-state index contributed by atoms with van der Waals surface area (Å²) in [5.41, 5.74) is 2.50. The molecule has 1 fully saturated rings. The Morgan fingerprint density at radius 1 is 0.935 bits per heavy atom. The Labute approximate surface area is 183 Å². The first-order chi connectivity index (χ1) is 15.2. The number of anilines is 1. The van der Waals surface area contributed by atoms with Crippen molar-refractivity contribution in [2.45, 2.75) is 32.6 Å². The van der Waals surface area contributed by atoms with Crippen molar-refractivity contribution in [2.24, 2.45) is 0 Å². The van der Waals surface area contributed by atoms with Crippen LogP contribution in [0.4, 0.5) is 5.82 Å². The standard InChI is InChI=1S/C25H30N4O2/c1-2-3-4-7-18-31-21-12-10-20(11-13-21)25(30)29-16-14-28(15-17-29)24-19-26-22-8-5-6-9-23(22)27-24/h5-6,8-13,19H,2-4,7,14-18H2,1H3. The average molecular weight is 419 g/mol. The second-order valence-electron chi connectivity index (χ2n) is 7.93. The Morgan fingerprint density at radius 2 is 1.68 bits per heavy atom. The lowest BCUT2D eigenvalue weighted by molar-refractivity contribution is 0.0746. The van der Waals surface area contributed by atoms with Crippen LogP contribution in [0.1, 0.15) is 43.0 Å². The molecule has 0 N–H and O–H groups in total. The van der Waals surface area contributed by atoms with Gasteiger partial charge in [-0.25, -0.2) is 4.98 Å². The van der Waals surface area contributed by atoms with Gasteiger partial charge in [0.2, 0.25) is 0 Å². The summed E-state index contributed by atoms with van der Waals surface area (Å²) in [7, 11) is 0. The van der Waals surface area contributed by atoms with Gasteiger partial charge in [0.1, 0.15) is 11.6 Å². The molecule has 1 saturated heterocycles. The highest BCUT2D eigenvalue weighted by atomic mass is 16.5. The maximum Gasteiger partial charge on any atom is 0.253 e. The van der Waals surface area contributed by atoms with E-state index in [2.05, 4.69) is 16.8 Å². The molecule has 0 saturated carbocycles. The van der Waals surface area contributed by atoms with Crippen molar-refractivity contribution in [3.05, 3.63) is 60.3 Å². The van der Waals surface area contributed by atoms with Gasteiger partial charge in [-0.15, -0.1) is 0 Å². The van der Waals surface area contributed by atoms with E-state index in [4.69, 9.17) is 9.72 Å². The van der Waals surface area contributed by atoms with E-state index in [1.807, 2.05) is 59.6 Å². The van der Waals surface area contributed by atoms with Gasteiger partial charge >= 0.3 is 0 Å².